The van der Waals surface area contributed by atoms with Crippen molar-refractivity contribution in [2.24, 2.45) is 84.2 Å². The van der Waals surface area contributed by atoms with Crippen LogP contribution in [-0.4, -0.2) is 24.7 Å². The zero-order valence-corrected chi connectivity index (χ0v) is 59.0. The van der Waals surface area contributed by atoms with Crippen molar-refractivity contribution in [2.45, 2.75) is 351 Å². The Hall–Kier alpha value is -0.840. The second kappa shape index (κ2) is 39.0. The Morgan fingerprint density at radius 2 is 0.582 bits per heavy atom. The lowest BCUT2D eigenvalue weighted by molar-refractivity contribution is -0.239. The first-order chi connectivity index (χ1) is 34.4. The smallest absolute Gasteiger partial charge is 0.171 e. The van der Waals surface area contributed by atoms with Gasteiger partial charge in [0.1, 0.15) is 0 Å². The molecule has 12 heteroatoms. The fourth-order valence-electron chi connectivity index (χ4n) is 8.86. The van der Waals surface area contributed by atoms with Gasteiger partial charge in [0.25, 0.3) is 0 Å². The minimum Gasteiger partial charge on any atom is -0.171 e. The van der Waals surface area contributed by atoms with E-state index in [9.17, 15) is 52.7 Å². The van der Waals surface area contributed by atoms with Crippen LogP contribution in [0.4, 0.5) is 52.7 Å². The van der Waals surface area contributed by atoms with Crippen LogP contribution in [0.5, 0.6) is 0 Å². The highest BCUT2D eigenvalue weighted by Gasteiger charge is 2.54. The summed E-state index contributed by atoms with van der Waals surface area (Å²) in [6.45, 7) is 71.0. The number of alkyl halides is 12. The van der Waals surface area contributed by atoms with E-state index in [-0.39, 0.29) is 55.8 Å². The molecule has 0 saturated carbocycles. The minimum absolute atomic E-state index is 0.0478. The first kappa shape index (κ1) is 94.5. The monoisotopic (exact) mass is 1170 g/mol. The zero-order valence-electron chi connectivity index (χ0n) is 59.0. The van der Waals surface area contributed by atoms with Gasteiger partial charge in [0.15, 0.2) is 0 Å². The van der Waals surface area contributed by atoms with E-state index in [1.807, 2.05) is 27.7 Å². The molecule has 0 aromatic heterocycles. The maximum Gasteiger partial charge on any atom is 0.394 e. The van der Waals surface area contributed by atoms with Crippen molar-refractivity contribution in [1.29, 1.82) is 0 Å². The Balaban J connectivity index is -0.000000123. The second-order valence-electron chi connectivity index (χ2n) is 29.8. The van der Waals surface area contributed by atoms with Crippen LogP contribution in [-0.2, 0) is 0 Å². The molecular formula is C67H138F12. The average Bonchev–Trinajstić information content (AvgIpc) is 3.23. The van der Waals surface area contributed by atoms with Gasteiger partial charge in [0.05, 0.1) is 21.7 Å². The van der Waals surface area contributed by atoms with Gasteiger partial charge in [-0.1, -0.05) is 288 Å². The van der Waals surface area contributed by atoms with Gasteiger partial charge in [0, 0.05) is 0 Å². The van der Waals surface area contributed by atoms with Gasteiger partial charge in [-0.05, 0) is 101 Å². The molecule has 2 atom stereocenters. The average molecular weight is 1170 g/mol. The Labute approximate surface area is 486 Å². The van der Waals surface area contributed by atoms with E-state index in [0.717, 1.165) is 11.8 Å². The maximum atomic E-state index is 12.8. The molecule has 0 unspecified atom stereocenters. The van der Waals surface area contributed by atoms with Gasteiger partial charge in [-0.25, -0.2) is 0 Å². The molecule has 0 aromatic rings. The van der Waals surface area contributed by atoms with Crippen molar-refractivity contribution in [3.63, 3.8) is 0 Å². The second-order valence-corrected chi connectivity index (χ2v) is 29.8. The molecule has 490 valence electrons. The van der Waals surface area contributed by atoms with Crippen LogP contribution < -0.4 is 0 Å². The van der Waals surface area contributed by atoms with E-state index in [1.54, 1.807) is 48.5 Å². The lowest BCUT2D eigenvalue weighted by Gasteiger charge is -2.41. The lowest BCUT2D eigenvalue weighted by Crippen LogP contribution is -2.43. The molecule has 79 heavy (non-hydrogen) atoms. The summed E-state index contributed by atoms with van der Waals surface area (Å²) in [6, 6.07) is 0. The van der Waals surface area contributed by atoms with Crippen LogP contribution in [0.2, 0.25) is 0 Å². The van der Waals surface area contributed by atoms with Gasteiger partial charge < -0.3 is 0 Å². The van der Waals surface area contributed by atoms with Crippen LogP contribution in [0.15, 0.2) is 0 Å². The number of rotatable bonds is 15. The van der Waals surface area contributed by atoms with Gasteiger partial charge >= 0.3 is 24.7 Å². The van der Waals surface area contributed by atoms with Crippen LogP contribution in [0, 0.1) is 84.2 Å². The highest BCUT2D eigenvalue weighted by atomic mass is 19.4. The third-order valence-electron chi connectivity index (χ3n) is 18.5. The summed E-state index contributed by atoms with van der Waals surface area (Å²) in [5.74, 6) is 1.11. The SMILES string of the molecule is CC(C)C(C(C)C)C(C)(C)C(F)(F)F.CC(C)C(C)(C)C.CCC(C)(CC)C(C)(C)C.CCC(C)(CC)C(F)(F)F.CCC(CC)C(C)(C)C.CCCC(C)(C)C.CCC[C@](C)(CC)C(F)(F)F.CC[C@@](C)(C(C)C)C(F)(F)F. The van der Waals surface area contributed by atoms with Gasteiger partial charge in [-0.15, -0.1) is 0 Å². The molecule has 0 nitrogen and oxygen atoms in total. The quantitative estimate of drug-likeness (QED) is 0.143. The van der Waals surface area contributed by atoms with Crippen LogP contribution in [0.3, 0.4) is 0 Å². The Morgan fingerprint density at radius 3 is 0.608 bits per heavy atom. The van der Waals surface area contributed by atoms with Gasteiger partial charge in [-0.3, -0.25) is 0 Å². The highest BCUT2D eigenvalue weighted by Crippen LogP contribution is 2.50. The molecule has 0 rings (SSSR count). The molecule has 0 aliphatic carbocycles. The molecule has 0 fully saturated rings. The standard InChI is InChI=1S/C11H21F3.C10H22.C9H20.2C8H15F3.C7H13F3.2C7H16/c1-7(2)9(8(3)4)10(5,6)11(12,13)14;1-7-10(6,8-2)9(3,4)5;1-6-8(7-2)9(3,4)5;1-5-7(4,6(2)3)8(9,10)11;1-4-6-7(3,5-2)8(9,10)11;1-4-6(3,5-2)7(8,9)10;1-6(2)7(3,4)5;1-5-6-7(2,3)4/h7-9H,1-6H3;7-8H2,1-6H3;8H,6-7H2,1-5H3;6H,5H2,1-4H3;4-6H2,1-3H3;4-5H2,1-3H3;6H,1-5H3;5-6H2,1-4H3/t;;;2*7-;;;/m...00.../s1. The third kappa shape index (κ3) is 38.7. The van der Waals surface area contributed by atoms with E-state index in [0.29, 0.717) is 33.5 Å². The Bertz CT molecular complexity index is 1370. The minimum atomic E-state index is -4.12. The molecule has 0 aliphatic heterocycles. The molecular weight excluding hydrogens is 1030 g/mol. The summed E-state index contributed by atoms with van der Waals surface area (Å²) in [4.78, 5) is 0. The Morgan fingerprint density at radius 1 is 0.304 bits per heavy atom. The first-order valence-corrected chi connectivity index (χ1v) is 30.7. The van der Waals surface area contributed by atoms with Crippen LogP contribution in [0.25, 0.3) is 0 Å². The molecule has 0 N–H and O–H groups in total. The molecule has 0 bridgehead atoms. The van der Waals surface area contributed by atoms with Crippen LogP contribution in [0.1, 0.15) is 326 Å². The summed E-state index contributed by atoms with van der Waals surface area (Å²) < 4.78 is 149. The summed E-state index contributed by atoms with van der Waals surface area (Å²) in [5, 5.41) is 0. The first-order valence-electron chi connectivity index (χ1n) is 30.7. The molecule has 0 aromatic carbocycles. The summed E-state index contributed by atoms with van der Waals surface area (Å²) in [5.41, 5.74) is -3.53. The largest absolute Gasteiger partial charge is 0.394 e. The van der Waals surface area contributed by atoms with Crippen molar-refractivity contribution in [3.05, 3.63) is 0 Å². The van der Waals surface area contributed by atoms with Crippen molar-refractivity contribution in [2.75, 3.05) is 0 Å². The summed E-state index contributed by atoms with van der Waals surface area (Å²) in [7, 11) is 0. The molecule has 0 radical (unpaired) electrons. The summed E-state index contributed by atoms with van der Waals surface area (Å²) in [6.07, 6.45) is -6.97. The third-order valence-corrected chi connectivity index (χ3v) is 18.5. The van der Waals surface area contributed by atoms with Crippen LogP contribution >= 0.6 is 0 Å². The van der Waals surface area contributed by atoms with E-state index in [1.165, 1.54) is 73.1 Å². The normalized spacial score (nSPS) is 14.8. The maximum absolute atomic E-state index is 12.8. The number of hydrogen-bond donors (Lipinski definition) is 0. The zero-order chi connectivity index (χ0) is 66.4. The highest BCUT2D eigenvalue weighted by molar-refractivity contribution is 4.89. The topological polar surface area (TPSA) is 0 Å². The van der Waals surface area contributed by atoms with Crippen molar-refractivity contribution < 1.29 is 52.7 Å². The van der Waals surface area contributed by atoms with E-state index >= 15 is 0 Å². The Kier molecular flexibility index (Phi) is 46.6. The predicted octanol–water partition coefficient (Wildman–Crippen LogP) is 28.1. The van der Waals surface area contributed by atoms with Crippen molar-refractivity contribution in [1.82, 2.24) is 0 Å². The number of halogens is 12. The lowest BCUT2D eigenvalue weighted by atomic mass is 9.65. The molecule has 0 saturated heterocycles. The van der Waals surface area contributed by atoms with E-state index < -0.39 is 46.4 Å². The molecule has 0 spiro atoms. The number of hydrogen-bond acceptors (Lipinski definition) is 0. The van der Waals surface area contributed by atoms with Crippen molar-refractivity contribution in [3.8, 4) is 0 Å². The molecule has 0 heterocycles. The summed E-state index contributed by atoms with van der Waals surface area (Å²) >= 11 is 0. The van der Waals surface area contributed by atoms with Gasteiger partial charge in [0.2, 0.25) is 0 Å². The fraction of sp³-hybridized carbons (Fsp3) is 1.00. The predicted molar refractivity (Wildman–Crippen MR) is 327 cm³/mol. The van der Waals surface area contributed by atoms with E-state index in [4.69, 9.17) is 0 Å². The molecule has 0 amide bonds. The molecule has 0 aliphatic rings. The van der Waals surface area contributed by atoms with Gasteiger partial charge in [-0.2, -0.15) is 52.7 Å². The fourth-order valence-corrected chi connectivity index (χ4v) is 8.86. The van der Waals surface area contributed by atoms with Crippen molar-refractivity contribution >= 4 is 0 Å². The van der Waals surface area contributed by atoms with E-state index in [2.05, 4.69) is 138 Å².